The van der Waals surface area contributed by atoms with Crippen molar-refractivity contribution in [3.8, 4) is 0 Å². The predicted molar refractivity (Wildman–Crippen MR) is 138 cm³/mol. The van der Waals surface area contributed by atoms with Crippen LogP contribution >= 0.6 is 0 Å². The second-order valence-corrected chi connectivity index (χ2v) is 11.6. The maximum atomic E-state index is 13.8. The molecule has 1 fully saturated rings. The molecule has 1 aromatic heterocycles. The molecule has 2 heterocycles. The smallest absolute Gasteiger partial charge is 0.419 e. The highest BCUT2D eigenvalue weighted by atomic mass is 16.6. The van der Waals surface area contributed by atoms with Crippen molar-refractivity contribution in [3.63, 3.8) is 0 Å². The normalized spacial score (nSPS) is 20.5. The van der Waals surface area contributed by atoms with Crippen molar-refractivity contribution >= 4 is 28.9 Å². The van der Waals surface area contributed by atoms with Crippen LogP contribution in [0.25, 0.3) is 10.9 Å². The molecule has 3 aromatic rings. The molecule has 0 N–H and O–H groups in total. The van der Waals surface area contributed by atoms with Crippen molar-refractivity contribution in [1.82, 2.24) is 9.47 Å². The van der Waals surface area contributed by atoms with Crippen LogP contribution in [0.1, 0.15) is 64.4 Å². The lowest BCUT2D eigenvalue weighted by atomic mass is 9.87. The van der Waals surface area contributed by atoms with Crippen molar-refractivity contribution in [3.05, 3.63) is 71.9 Å². The number of aromatic nitrogens is 1. The van der Waals surface area contributed by atoms with Crippen LogP contribution in [0.5, 0.6) is 0 Å². The minimum absolute atomic E-state index is 0.174. The lowest BCUT2D eigenvalue weighted by Gasteiger charge is -2.38. The first-order chi connectivity index (χ1) is 16.7. The number of benzene rings is 2. The summed E-state index contributed by atoms with van der Waals surface area (Å²) in [7, 11) is 0. The van der Waals surface area contributed by atoms with E-state index in [4.69, 9.17) is 9.47 Å². The number of hydrogen-bond donors (Lipinski definition) is 0. The topological polar surface area (TPSA) is 77.8 Å². The van der Waals surface area contributed by atoms with Crippen LogP contribution in [-0.2, 0) is 20.7 Å². The predicted octanol–water partition coefficient (Wildman–Crippen LogP) is 5.80. The first kappa shape index (κ1) is 25.5. The van der Waals surface area contributed by atoms with Crippen LogP contribution in [0.3, 0.4) is 0 Å². The maximum absolute atomic E-state index is 13.8. The largest absolute Gasteiger partial charge is 0.443 e. The van der Waals surface area contributed by atoms with Crippen molar-refractivity contribution < 1.29 is 23.9 Å². The molecule has 1 amide bonds. The summed E-state index contributed by atoms with van der Waals surface area (Å²) in [6.45, 7) is 13.0. The molecular formula is C29H34N2O5. The summed E-state index contributed by atoms with van der Waals surface area (Å²) in [4.78, 5) is 41.8. The van der Waals surface area contributed by atoms with Gasteiger partial charge in [0.25, 0.3) is 5.91 Å². The van der Waals surface area contributed by atoms with E-state index in [-0.39, 0.29) is 12.3 Å². The van der Waals surface area contributed by atoms with Gasteiger partial charge in [-0.1, -0.05) is 57.2 Å². The van der Waals surface area contributed by atoms with E-state index < -0.39 is 34.8 Å². The van der Waals surface area contributed by atoms with Gasteiger partial charge in [-0.15, -0.1) is 0 Å². The SMILES string of the molecule is CC(C)(C)OC(=O)n1cc(CC2(C)C(=O)OC(C(C)(C)C)N2C(=O)c2ccccc2)c2ccccc21. The van der Waals surface area contributed by atoms with Crippen LogP contribution < -0.4 is 0 Å². The first-order valence-corrected chi connectivity index (χ1v) is 12.1. The zero-order valence-corrected chi connectivity index (χ0v) is 22.0. The minimum atomic E-state index is -1.28. The van der Waals surface area contributed by atoms with E-state index in [1.807, 2.05) is 71.9 Å². The van der Waals surface area contributed by atoms with Gasteiger partial charge in [0.2, 0.25) is 0 Å². The van der Waals surface area contributed by atoms with Crippen LogP contribution in [0, 0.1) is 5.41 Å². The Balaban J connectivity index is 1.81. The molecule has 0 aliphatic carbocycles. The summed E-state index contributed by atoms with van der Waals surface area (Å²) in [5, 5.41) is 0.809. The second-order valence-electron chi connectivity index (χ2n) is 11.6. The van der Waals surface area contributed by atoms with E-state index in [9.17, 15) is 14.4 Å². The molecule has 7 nitrogen and oxygen atoms in total. The van der Waals surface area contributed by atoms with Gasteiger partial charge >= 0.3 is 12.1 Å². The van der Waals surface area contributed by atoms with Crippen molar-refractivity contribution in [2.75, 3.05) is 0 Å². The van der Waals surface area contributed by atoms with Gasteiger partial charge in [-0.05, 0) is 51.5 Å². The van der Waals surface area contributed by atoms with Gasteiger partial charge in [-0.25, -0.2) is 9.59 Å². The lowest BCUT2D eigenvalue weighted by molar-refractivity contribution is -0.148. The summed E-state index contributed by atoms with van der Waals surface area (Å²) < 4.78 is 12.9. The Bertz CT molecular complexity index is 1310. The third-order valence-corrected chi connectivity index (χ3v) is 6.32. The number of fused-ring (bicyclic) bond motifs is 1. The number of ether oxygens (including phenoxy) is 2. The molecule has 2 aromatic carbocycles. The number of cyclic esters (lactones) is 1. The summed E-state index contributed by atoms with van der Waals surface area (Å²) in [5.74, 6) is -0.749. The number of carbonyl (C=O) groups excluding carboxylic acids is 3. The number of amides is 1. The third kappa shape index (κ3) is 4.62. The Morgan fingerprint density at radius 3 is 2.19 bits per heavy atom. The monoisotopic (exact) mass is 490 g/mol. The molecule has 190 valence electrons. The zero-order valence-electron chi connectivity index (χ0n) is 22.0. The number of rotatable bonds is 3. The molecule has 0 radical (unpaired) electrons. The highest BCUT2D eigenvalue weighted by Gasteiger charge is 2.57. The van der Waals surface area contributed by atoms with Gasteiger partial charge in [0.15, 0.2) is 6.23 Å². The fourth-order valence-corrected chi connectivity index (χ4v) is 4.63. The third-order valence-electron chi connectivity index (χ3n) is 6.32. The number of para-hydroxylation sites is 1. The lowest BCUT2D eigenvalue weighted by Crippen LogP contribution is -2.55. The van der Waals surface area contributed by atoms with Crippen LogP contribution in [0.4, 0.5) is 4.79 Å². The molecule has 1 saturated heterocycles. The van der Waals surface area contributed by atoms with Crippen molar-refractivity contribution in [1.29, 1.82) is 0 Å². The van der Waals surface area contributed by atoms with Gasteiger partial charge in [0.05, 0.1) is 5.52 Å². The number of hydrogen-bond acceptors (Lipinski definition) is 5. The molecule has 1 aliphatic heterocycles. The molecule has 2 atom stereocenters. The summed E-state index contributed by atoms with van der Waals surface area (Å²) in [6.07, 6.45) is 0.621. The molecule has 1 aliphatic rings. The Morgan fingerprint density at radius 1 is 0.972 bits per heavy atom. The molecule has 36 heavy (non-hydrogen) atoms. The van der Waals surface area contributed by atoms with E-state index in [1.54, 1.807) is 42.3 Å². The Kier molecular flexibility index (Phi) is 6.23. The van der Waals surface area contributed by atoms with Gasteiger partial charge in [-0.3, -0.25) is 14.3 Å². The Hall–Kier alpha value is -3.61. The van der Waals surface area contributed by atoms with E-state index in [2.05, 4.69) is 0 Å². The Labute approximate surface area is 212 Å². The molecular weight excluding hydrogens is 456 g/mol. The van der Waals surface area contributed by atoms with Crippen LogP contribution in [0.15, 0.2) is 60.8 Å². The van der Waals surface area contributed by atoms with Gasteiger partial charge in [-0.2, -0.15) is 0 Å². The number of esters is 1. The fourth-order valence-electron chi connectivity index (χ4n) is 4.63. The van der Waals surface area contributed by atoms with Crippen molar-refractivity contribution in [2.24, 2.45) is 5.41 Å². The number of carbonyl (C=O) groups is 3. The molecule has 0 spiro atoms. The van der Waals surface area contributed by atoms with E-state index in [0.29, 0.717) is 11.1 Å². The molecule has 0 saturated carbocycles. The van der Waals surface area contributed by atoms with Gasteiger partial charge < -0.3 is 9.47 Å². The average molecular weight is 491 g/mol. The quantitative estimate of drug-likeness (QED) is 0.434. The Morgan fingerprint density at radius 2 is 1.58 bits per heavy atom. The van der Waals surface area contributed by atoms with E-state index in [1.165, 1.54) is 4.57 Å². The summed E-state index contributed by atoms with van der Waals surface area (Å²) in [6, 6.07) is 16.4. The highest BCUT2D eigenvalue weighted by molar-refractivity contribution is 6.00. The highest BCUT2D eigenvalue weighted by Crippen LogP contribution is 2.41. The van der Waals surface area contributed by atoms with Crippen LogP contribution in [0.2, 0.25) is 0 Å². The van der Waals surface area contributed by atoms with E-state index in [0.717, 1.165) is 10.9 Å². The maximum Gasteiger partial charge on any atom is 0.419 e. The zero-order chi connectivity index (χ0) is 26.5. The molecule has 2 unspecified atom stereocenters. The average Bonchev–Trinajstić information content (AvgIpc) is 3.28. The second kappa shape index (κ2) is 8.80. The van der Waals surface area contributed by atoms with Gasteiger partial charge in [0, 0.05) is 29.0 Å². The summed E-state index contributed by atoms with van der Waals surface area (Å²) in [5.41, 5.74) is -0.562. The van der Waals surface area contributed by atoms with Gasteiger partial charge in [0.1, 0.15) is 11.1 Å². The van der Waals surface area contributed by atoms with E-state index >= 15 is 0 Å². The van der Waals surface area contributed by atoms with Crippen molar-refractivity contribution in [2.45, 2.75) is 72.3 Å². The minimum Gasteiger partial charge on any atom is -0.443 e. The number of nitrogens with zero attached hydrogens (tertiary/aromatic N) is 2. The molecule has 0 bridgehead atoms. The fraction of sp³-hybridized carbons (Fsp3) is 0.414. The first-order valence-electron chi connectivity index (χ1n) is 12.1. The van der Waals surface area contributed by atoms with Crippen LogP contribution in [-0.4, -0.2) is 44.8 Å². The standard InChI is InChI=1S/C29H34N2O5/c1-27(2,3)24-31(23(32)19-13-9-8-10-14-19)29(7,25(33)35-24)17-20-18-30(26(34)36-28(4,5)6)22-16-12-11-15-21(20)22/h8-16,18,24H,17H2,1-7H3. The summed E-state index contributed by atoms with van der Waals surface area (Å²) >= 11 is 0. The molecule has 7 heteroatoms. The molecule has 4 rings (SSSR count).